The second-order valence-electron chi connectivity index (χ2n) is 7.45. The molecule has 3 aliphatic rings. The number of hydrogen-bond acceptors (Lipinski definition) is 3. The van der Waals surface area contributed by atoms with Gasteiger partial charge in [0.2, 0.25) is 0 Å². The molecule has 0 aromatic rings. The average Bonchev–Trinajstić information content (AvgIpc) is 2.62. The molecule has 0 aliphatic heterocycles. The van der Waals surface area contributed by atoms with Gasteiger partial charge >= 0.3 is 5.97 Å². The van der Waals surface area contributed by atoms with Crippen molar-refractivity contribution in [2.75, 3.05) is 13.2 Å². The highest BCUT2D eigenvalue weighted by molar-refractivity contribution is 5.65. The van der Waals surface area contributed by atoms with Crippen molar-refractivity contribution in [3.8, 4) is 0 Å². The largest absolute Gasteiger partial charge is 0.465 e. The Kier molecular flexibility index (Phi) is 3.24. The number of esters is 1. The molecule has 0 saturated heterocycles. The van der Waals surface area contributed by atoms with Gasteiger partial charge in [-0.1, -0.05) is 25.0 Å². The van der Waals surface area contributed by atoms with Gasteiger partial charge in [0, 0.05) is 12.3 Å². The molecule has 5 atom stereocenters. The van der Waals surface area contributed by atoms with E-state index < -0.39 is 0 Å². The standard InChI is InChI=1S/C17H26O3/c1-11-5-6-13-15-14(11)16(13,3)7-4-8-17(15,9-18)10-20-12(2)19/h5,13-15,18H,4,6-10H2,1-3H3. The highest BCUT2D eigenvalue weighted by atomic mass is 16.5. The number of allylic oxidation sites excluding steroid dienone is 2. The summed E-state index contributed by atoms with van der Waals surface area (Å²) in [5.41, 5.74) is 1.69. The topological polar surface area (TPSA) is 46.5 Å². The third-order valence-corrected chi connectivity index (χ3v) is 6.51. The lowest BCUT2D eigenvalue weighted by molar-refractivity contribution is -0.181. The van der Waals surface area contributed by atoms with Crippen LogP contribution >= 0.6 is 0 Å². The third-order valence-electron chi connectivity index (χ3n) is 6.51. The maximum Gasteiger partial charge on any atom is 0.302 e. The number of aliphatic hydroxyl groups is 1. The third kappa shape index (κ3) is 1.71. The van der Waals surface area contributed by atoms with Gasteiger partial charge in [-0.3, -0.25) is 4.79 Å². The number of carbonyl (C=O) groups is 1. The van der Waals surface area contributed by atoms with Crippen LogP contribution in [0.2, 0.25) is 0 Å². The lowest BCUT2D eigenvalue weighted by atomic mass is 9.38. The average molecular weight is 278 g/mol. The first-order chi connectivity index (χ1) is 9.44. The zero-order valence-electron chi connectivity index (χ0n) is 12.8. The van der Waals surface area contributed by atoms with E-state index >= 15 is 0 Å². The Morgan fingerprint density at radius 1 is 1.50 bits per heavy atom. The minimum atomic E-state index is -0.235. The summed E-state index contributed by atoms with van der Waals surface area (Å²) in [5.74, 6) is 1.48. The highest BCUT2D eigenvalue weighted by Gasteiger charge is 2.67. The summed E-state index contributed by atoms with van der Waals surface area (Å²) in [6.45, 7) is 6.65. The Hall–Kier alpha value is -0.830. The van der Waals surface area contributed by atoms with Gasteiger partial charge < -0.3 is 9.84 Å². The summed E-state index contributed by atoms with van der Waals surface area (Å²) in [7, 11) is 0. The van der Waals surface area contributed by atoms with Crippen LogP contribution in [0, 0.1) is 28.6 Å². The second kappa shape index (κ2) is 4.59. The predicted molar refractivity (Wildman–Crippen MR) is 77.0 cm³/mol. The first kappa shape index (κ1) is 14.1. The number of aliphatic hydroxyl groups excluding tert-OH is 1. The van der Waals surface area contributed by atoms with E-state index in [1.54, 1.807) is 0 Å². The van der Waals surface area contributed by atoms with Crippen LogP contribution in [0.25, 0.3) is 0 Å². The summed E-state index contributed by atoms with van der Waals surface area (Å²) < 4.78 is 5.34. The van der Waals surface area contributed by atoms with Gasteiger partial charge in [0.25, 0.3) is 0 Å². The van der Waals surface area contributed by atoms with E-state index in [2.05, 4.69) is 19.9 Å². The van der Waals surface area contributed by atoms with E-state index in [-0.39, 0.29) is 18.0 Å². The van der Waals surface area contributed by atoms with Crippen molar-refractivity contribution >= 4 is 5.97 Å². The Morgan fingerprint density at radius 3 is 2.85 bits per heavy atom. The molecule has 112 valence electrons. The Labute approximate surface area is 121 Å². The molecule has 0 amide bonds. The highest BCUT2D eigenvalue weighted by Crippen LogP contribution is 2.72. The van der Waals surface area contributed by atoms with Crippen LogP contribution in [0.4, 0.5) is 0 Å². The van der Waals surface area contributed by atoms with E-state index in [1.165, 1.54) is 18.9 Å². The molecule has 3 heteroatoms. The van der Waals surface area contributed by atoms with Crippen molar-refractivity contribution in [2.24, 2.45) is 28.6 Å². The van der Waals surface area contributed by atoms with Crippen LogP contribution in [0.1, 0.15) is 46.5 Å². The molecule has 20 heavy (non-hydrogen) atoms. The minimum absolute atomic E-state index is 0.140. The van der Waals surface area contributed by atoms with Gasteiger partial charge in [-0.2, -0.15) is 0 Å². The molecule has 3 rings (SSSR count). The smallest absolute Gasteiger partial charge is 0.302 e. The molecule has 2 saturated carbocycles. The van der Waals surface area contributed by atoms with E-state index in [1.807, 2.05) is 0 Å². The number of fused-ring (bicyclic) bond motifs is 1. The van der Waals surface area contributed by atoms with E-state index in [4.69, 9.17) is 4.74 Å². The van der Waals surface area contributed by atoms with Gasteiger partial charge in [-0.25, -0.2) is 0 Å². The first-order valence-corrected chi connectivity index (χ1v) is 7.85. The van der Waals surface area contributed by atoms with Gasteiger partial charge in [0.05, 0.1) is 13.2 Å². The molecule has 0 aromatic carbocycles. The summed E-state index contributed by atoms with van der Waals surface area (Å²) in [6.07, 6.45) is 6.87. The normalized spacial score (nSPS) is 46.0. The number of hydrogen-bond donors (Lipinski definition) is 1. The molecule has 0 aromatic heterocycles. The monoisotopic (exact) mass is 278 g/mol. The first-order valence-electron chi connectivity index (χ1n) is 7.85. The fourth-order valence-corrected chi connectivity index (χ4v) is 5.58. The van der Waals surface area contributed by atoms with Crippen LogP contribution < -0.4 is 0 Å². The van der Waals surface area contributed by atoms with E-state index in [0.29, 0.717) is 29.8 Å². The zero-order valence-corrected chi connectivity index (χ0v) is 12.8. The summed E-state index contributed by atoms with van der Waals surface area (Å²) >= 11 is 0. The van der Waals surface area contributed by atoms with Crippen molar-refractivity contribution in [3.63, 3.8) is 0 Å². The molecule has 4 bridgehead atoms. The Morgan fingerprint density at radius 2 is 2.25 bits per heavy atom. The van der Waals surface area contributed by atoms with Gasteiger partial charge in [0.15, 0.2) is 0 Å². The molecule has 2 fully saturated rings. The van der Waals surface area contributed by atoms with Crippen molar-refractivity contribution in [1.82, 2.24) is 0 Å². The van der Waals surface area contributed by atoms with Crippen molar-refractivity contribution in [1.29, 1.82) is 0 Å². The lowest BCUT2D eigenvalue weighted by Crippen LogP contribution is -2.63. The minimum Gasteiger partial charge on any atom is -0.465 e. The maximum absolute atomic E-state index is 11.2. The molecule has 0 heterocycles. The number of rotatable bonds is 3. The van der Waals surface area contributed by atoms with Gasteiger partial charge in [-0.05, 0) is 49.4 Å². The van der Waals surface area contributed by atoms with Crippen LogP contribution in [-0.4, -0.2) is 24.3 Å². The fourth-order valence-electron chi connectivity index (χ4n) is 5.58. The lowest BCUT2D eigenvalue weighted by Gasteiger charge is -2.66. The fraction of sp³-hybridized carbons (Fsp3) is 0.824. The molecule has 5 unspecified atom stereocenters. The van der Waals surface area contributed by atoms with Crippen molar-refractivity contribution in [3.05, 3.63) is 11.6 Å². The zero-order chi connectivity index (χ0) is 14.5. The van der Waals surface area contributed by atoms with Crippen LogP contribution in [-0.2, 0) is 9.53 Å². The van der Waals surface area contributed by atoms with Gasteiger partial charge in [-0.15, -0.1) is 0 Å². The van der Waals surface area contributed by atoms with E-state index in [9.17, 15) is 9.90 Å². The molecule has 0 radical (unpaired) electrons. The number of ether oxygens (including phenoxy) is 1. The van der Waals surface area contributed by atoms with Crippen molar-refractivity contribution in [2.45, 2.75) is 46.5 Å². The molecular formula is C17H26O3. The predicted octanol–water partition coefficient (Wildman–Crippen LogP) is 2.93. The summed E-state index contributed by atoms with van der Waals surface area (Å²) in [6, 6.07) is 0. The Balaban J connectivity index is 1.93. The molecule has 3 nitrogen and oxygen atoms in total. The summed E-state index contributed by atoms with van der Waals surface area (Å²) in [4.78, 5) is 11.2. The van der Waals surface area contributed by atoms with Crippen LogP contribution in [0.5, 0.6) is 0 Å². The van der Waals surface area contributed by atoms with Gasteiger partial charge in [0.1, 0.15) is 0 Å². The Bertz CT molecular complexity index is 455. The quantitative estimate of drug-likeness (QED) is 0.638. The van der Waals surface area contributed by atoms with Crippen LogP contribution in [0.3, 0.4) is 0 Å². The molecule has 1 N–H and O–H groups in total. The van der Waals surface area contributed by atoms with Crippen molar-refractivity contribution < 1.29 is 14.6 Å². The molecule has 3 aliphatic carbocycles. The van der Waals surface area contributed by atoms with E-state index in [0.717, 1.165) is 19.3 Å². The number of carbonyl (C=O) groups excluding carboxylic acids is 1. The SMILES string of the molecule is CC(=O)OCC1(CO)CCCC2(C)C3CC=C(C)C2C31. The van der Waals surface area contributed by atoms with Crippen LogP contribution in [0.15, 0.2) is 11.6 Å². The molecular weight excluding hydrogens is 252 g/mol. The second-order valence-corrected chi connectivity index (χ2v) is 7.45. The summed E-state index contributed by atoms with van der Waals surface area (Å²) in [5, 5.41) is 10.1. The maximum atomic E-state index is 11.2. The molecule has 0 spiro atoms.